The van der Waals surface area contributed by atoms with Gasteiger partial charge >= 0.3 is 0 Å². The van der Waals surface area contributed by atoms with Gasteiger partial charge in [0.25, 0.3) is 0 Å². The molecule has 4 nitrogen and oxygen atoms in total. The molecule has 0 aliphatic heterocycles. The van der Waals surface area contributed by atoms with Gasteiger partial charge in [-0.25, -0.2) is 9.97 Å². The fourth-order valence-corrected chi connectivity index (χ4v) is 2.69. The van der Waals surface area contributed by atoms with Gasteiger partial charge < -0.3 is 10.7 Å². The molecule has 2 atom stereocenters. The van der Waals surface area contributed by atoms with Crippen LogP contribution in [0.3, 0.4) is 0 Å². The van der Waals surface area contributed by atoms with Gasteiger partial charge in [-0.3, -0.25) is 0 Å². The van der Waals surface area contributed by atoms with Crippen LogP contribution in [0.15, 0.2) is 12.3 Å². The van der Waals surface area contributed by atoms with Crippen LogP contribution in [-0.2, 0) is 0 Å². The summed E-state index contributed by atoms with van der Waals surface area (Å²) < 4.78 is 0. The van der Waals surface area contributed by atoms with Crippen LogP contribution in [0.4, 0.5) is 0 Å². The summed E-state index contributed by atoms with van der Waals surface area (Å²) in [6.07, 6.45) is 6.44. The molecule has 0 bridgehead atoms. The molecule has 0 radical (unpaired) electrons. The fourth-order valence-electron chi connectivity index (χ4n) is 2.69. The molecule has 4 heteroatoms. The first-order valence-electron chi connectivity index (χ1n) is 6.30. The van der Waals surface area contributed by atoms with E-state index in [9.17, 15) is 0 Å². The van der Waals surface area contributed by atoms with Crippen molar-refractivity contribution in [1.29, 1.82) is 0 Å². The lowest BCUT2D eigenvalue weighted by Crippen LogP contribution is -2.27. The number of aromatic nitrogens is 3. The lowest BCUT2D eigenvalue weighted by atomic mass is 9.86. The molecule has 3 rings (SSSR count). The van der Waals surface area contributed by atoms with E-state index in [2.05, 4.69) is 21.0 Å². The second kappa shape index (κ2) is 4.11. The van der Waals surface area contributed by atoms with Gasteiger partial charge in [0, 0.05) is 18.2 Å². The van der Waals surface area contributed by atoms with Crippen LogP contribution in [0.2, 0.25) is 0 Å². The maximum Gasteiger partial charge on any atom is 0.177 e. The molecular weight excluding hydrogens is 212 g/mol. The molecule has 0 saturated heterocycles. The van der Waals surface area contributed by atoms with Crippen molar-refractivity contribution in [3.8, 4) is 0 Å². The first kappa shape index (κ1) is 10.7. The van der Waals surface area contributed by atoms with E-state index in [4.69, 9.17) is 5.73 Å². The minimum Gasteiger partial charge on any atom is -0.340 e. The third-order valence-electron chi connectivity index (χ3n) is 3.59. The Morgan fingerprint density at radius 3 is 3.12 bits per heavy atom. The second-order valence-corrected chi connectivity index (χ2v) is 5.13. The van der Waals surface area contributed by atoms with Gasteiger partial charge in [0.2, 0.25) is 0 Å². The Labute approximate surface area is 101 Å². The molecular formula is C13H18N4. The van der Waals surface area contributed by atoms with Gasteiger partial charge in [0.1, 0.15) is 5.82 Å². The molecule has 2 unspecified atom stereocenters. The summed E-state index contributed by atoms with van der Waals surface area (Å²) in [5, 5.41) is 0. The molecule has 1 fully saturated rings. The smallest absolute Gasteiger partial charge is 0.177 e. The second-order valence-electron chi connectivity index (χ2n) is 5.13. The number of nitrogens with zero attached hydrogens (tertiary/aromatic N) is 2. The van der Waals surface area contributed by atoms with Crippen LogP contribution in [0.5, 0.6) is 0 Å². The van der Waals surface area contributed by atoms with Gasteiger partial charge in [0.05, 0.1) is 5.52 Å². The molecule has 2 aromatic heterocycles. The number of aromatic amines is 1. The average molecular weight is 230 g/mol. The zero-order valence-electron chi connectivity index (χ0n) is 10.1. The van der Waals surface area contributed by atoms with Gasteiger partial charge in [-0.2, -0.15) is 0 Å². The van der Waals surface area contributed by atoms with E-state index in [1.54, 1.807) is 0 Å². The van der Waals surface area contributed by atoms with Crippen molar-refractivity contribution < 1.29 is 0 Å². The Bertz CT molecular complexity index is 531. The fraction of sp³-hybridized carbons (Fsp3) is 0.538. The standard InChI is InChI=1S/C13H18N4/c1-8-5-11-13(15-7-8)17-12(16-11)9-3-2-4-10(14)6-9/h5,7,9-10H,2-4,6,14H2,1H3,(H,15,16,17). The maximum absolute atomic E-state index is 6.02. The van der Waals surface area contributed by atoms with Crippen molar-refractivity contribution >= 4 is 11.2 Å². The van der Waals surface area contributed by atoms with E-state index >= 15 is 0 Å². The quantitative estimate of drug-likeness (QED) is 0.789. The van der Waals surface area contributed by atoms with E-state index in [0.717, 1.165) is 35.4 Å². The lowest BCUT2D eigenvalue weighted by Gasteiger charge is -2.24. The van der Waals surface area contributed by atoms with Gasteiger partial charge in [-0.15, -0.1) is 0 Å². The van der Waals surface area contributed by atoms with Crippen molar-refractivity contribution in [3.63, 3.8) is 0 Å². The summed E-state index contributed by atoms with van der Waals surface area (Å²) >= 11 is 0. The molecule has 90 valence electrons. The van der Waals surface area contributed by atoms with Crippen molar-refractivity contribution in [1.82, 2.24) is 15.0 Å². The minimum absolute atomic E-state index is 0.330. The van der Waals surface area contributed by atoms with Crippen molar-refractivity contribution in [3.05, 3.63) is 23.7 Å². The third kappa shape index (κ3) is 2.05. The topological polar surface area (TPSA) is 67.6 Å². The maximum atomic E-state index is 6.02. The highest BCUT2D eigenvalue weighted by atomic mass is 15.0. The number of nitrogens with one attached hydrogen (secondary N) is 1. The van der Waals surface area contributed by atoms with E-state index in [1.807, 2.05) is 13.1 Å². The number of imidazole rings is 1. The van der Waals surface area contributed by atoms with E-state index in [-0.39, 0.29) is 0 Å². The number of aryl methyl sites for hydroxylation is 1. The van der Waals surface area contributed by atoms with Crippen LogP contribution < -0.4 is 5.73 Å². The Balaban J connectivity index is 1.94. The van der Waals surface area contributed by atoms with Gasteiger partial charge in [-0.05, 0) is 37.8 Å². The summed E-state index contributed by atoms with van der Waals surface area (Å²) in [7, 11) is 0. The van der Waals surface area contributed by atoms with E-state index < -0.39 is 0 Å². The predicted octanol–water partition coefficient (Wildman–Crippen LogP) is 2.25. The highest BCUT2D eigenvalue weighted by molar-refractivity contribution is 5.71. The van der Waals surface area contributed by atoms with Gasteiger partial charge in [0.15, 0.2) is 5.65 Å². The molecule has 2 aromatic rings. The normalized spacial score (nSPS) is 25.3. The summed E-state index contributed by atoms with van der Waals surface area (Å²) in [6.45, 7) is 2.05. The third-order valence-corrected chi connectivity index (χ3v) is 3.59. The molecule has 1 aliphatic rings. The summed E-state index contributed by atoms with van der Waals surface area (Å²) in [5.74, 6) is 1.54. The zero-order valence-corrected chi connectivity index (χ0v) is 10.1. The number of fused-ring (bicyclic) bond motifs is 1. The average Bonchev–Trinajstić information content (AvgIpc) is 2.72. The monoisotopic (exact) mass is 230 g/mol. The highest BCUT2D eigenvalue weighted by Crippen LogP contribution is 2.31. The van der Waals surface area contributed by atoms with Crippen LogP contribution >= 0.6 is 0 Å². The van der Waals surface area contributed by atoms with Crippen molar-refractivity contribution in [2.24, 2.45) is 5.73 Å². The number of hydrogen-bond acceptors (Lipinski definition) is 3. The Morgan fingerprint density at radius 1 is 1.41 bits per heavy atom. The summed E-state index contributed by atoms with van der Waals surface area (Å²) in [6, 6.07) is 2.43. The molecule has 3 N–H and O–H groups in total. The van der Waals surface area contributed by atoms with E-state index in [1.165, 1.54) is 12.8 Å². The molecule has 0 spiro atoms. The molecule has 1 saturated carbocycles. The molecule has 17 heavy (non-hydrogen) atoms. The van der Waals surface area contributed by atoms with Gasteiger partial charge in [-0.1, -0.05) is 6.42 Å². The van der Waals surface area contributed by atoms with Crippen LogP contribution in [0, 0.1) is 6.92 Å². The van der Waals surface area contributed by atoms with Crippen molar-refractivity contribution in [2.75, 3.05) is 0 Å². The predicted molar refractivity (Wildman–Crippen MR) is 67.8 cm³/mol. The molecule has 2 heterocycles. The number of nitrogens with two attached hydrogens (primary N) is 1. The van der Waals surface area contributed by atoms with Crippen LogP contribution in [0.1, 0.15) is 43.0 Å². The number of H-pyrrole nitrogens is 1. The Hall–Kier alpha value is -1.42. The van der Waals surface area contributed by atoms with Crippen molar-refractivity contribution in [2.45, 2.75) is 44.6 Å². The first-order chi connectivity index (χ1) is 8.22. The van der Waals surface area contributed by atoms with E-state index in [0.29, 0.717) is 12.0 Å². The Kier molecular flexibility index (Phi) is 2.59. The number of hydrogen-bond donors (Lipinski definition) is 2. The molecule has 0 aromatic carbocycles. The number of pyridine rings is 1. The molecule has 0 amide bonds. The SMILES string of the molecule is Cc1cnc2nc(C3CCCC(N)C3)[nH]c2c1. The summed E-state index contributed by atoms with van der Waals surface area (Å²) in [5.41, 5.74) is 9.05. The zero-order chi connectivity index (χ0) is 11.8. The first-order valence-corrected chi connectivity index (χ1v) is 6.30. The number of rotatable bonds is 1. The van der Waals surface area contributed by atoms with Crippen LogP contribution in [0.25, 0.3) is 11.2 Å². The Morgan fingerprint density at radius 2 is 2.29 bits per heavy atom. The largest absolute Gasteiger partial charge is 0.340 e. The minimum atomic E-state index is 0.330. The highest BCUT2D eigenvalue weighted by Gasteiger charge is 2.23. The molecule has 1 aliphatic carbocycles. The lowest BCUT2D eigenvalue weighted by molar-refractivity contribution is 0.384. The van der Waals surface area contributed by atoms with Crippen LogP contribution in [-0.4, -0.2) is 21.0 Å². The summed E-state index contributed by atoms with van der Waals surface area (Å²) in [4.78, 5) is 12.3.